The van der Waals surface area contributed by atoms with Gasteiger partial charge < -0.3 is 5.32 Å². The lowest BCUT2D eigenvalue weighted by molar-refractivity contribution is 0.0944. The molecule has 0 radical (unpaired) electrons. The third-order valence-corrected chi connectivity index (χ3v) is 4.64. The highest BCUT2D eigenvalue weighted by atomic mass is 16.2. The van der Waals surface area contributed by atoms with Crippen molar-refractivity contribution in [3.8, 4) is 5.69 Å². The van der Waals surface area contributed by atoms with Gasteiger partial charge in [-0.25, -0.2) is 4.68 Å². The molecule has 0 unspecified atom stereocenters. The molecule has 0 saturated heterocycles. The van der Waals surface area contributed by atoms with Gasteiger partial charge in [0.25, 0.3) is 5.91 Å². The van der Waals surface area contributed by atoms with Gasteiger partial charge in [0.2, 0.25) is 0 Å². The molecule has 3 aromatic rings. The molecule has 1 aliphatic carbocycles. The summed E-state index contributed by atoms with van der Waals surface area (Å²) >= 11 is 0. The van der Waals surface area contributed by atoms with Crippen LogP contribution in [-0.2, 0) is 5.41 Å². The number of nitrogens with zero attached hydrogens (tertiary/aromatic N) is 4. The third kappa shape index (κ3) is 3.15. The first-order chi connectivity index (χ1) is 12.2. The number of rotatable bonds is 5. The molecule has 2 heterocycles. The van der Waals surface area contributed by atoms with Crippen molar-refractivity contribution in [1.29, 1.82) is 0 Å². The van der Waals surface area contributed by atoms with E-state index in [1.165, 1.54) is 0 Å². The van der Waals surface area contributed by atoms with Gasteiger partial charge in [0, 0.05) is 23.9 Å². The molecule has 1 aliphatic rings. The number of amides is 1. The quantitative estimate of drug-likeness (QED) is 0.778. The molecule has 0 atom stereocenters. The van der Waals surface area contributed by atoms with E-state index in [-0.39, 0.29) is 11.3 Å². The van der Waals surface area contributed by atoms with Crippen molar-refractivity contribution in [2.75, 3.05) is 6.54 Å². The predicted molar refractivity (Wildman–Crippen MR) is 93.6 cm³/mol. The monoisotopic (exact) mass is 333 g/mol. The summed E-state index contributed by atoms with van der Waals surface area (Å²) in [5, 5.41) is 11.0. The van der Waals surface area contributed by atoms with Gasteiger partial charge in [0.05, 0.1) is 11.9 Å². The average Bonchev–Trinajstić information content (AvgIpc) is 3.27. The lowest BCUT2D eigenvalue weighted by Gasteiger charge is -2.14. The molecule has 1 aromatic carbocycles. The number of pyridine rings is 1. The lowest BCUT2D eigenvalue weighted by atomic mass is 10.0. The van der Waals surface area contributed by atoms with E-state index < -0.39 is 0 Å². The van der Waals surface area contributed by atoms with E-state index in [4.69, 9.17) is 0 Å². The van der Waals surface area contributed by atoms with Gasteiger partial charge in [0.1, 0.15) is 0 Å². The largest absolute Gasteiger partial charge is 0.350 e. The Hall–Kier alpha value is -3.02. The summed E-state index contributed by atoms with van der Waals surface area (Å²) in [7, 11) is 0. The molecule has 1 N–H and O–H groups in total. The number of benzene rings is 1. The Balaban J connectivity index is 1.44. The zero-order valence-electron chi connectivity index (χ0n) is 14.0. The maximum atomic E-state index is 12.4. The Morgan fingerprint density at radius 2 is 2.12 bits per heavy atom. The lowest BCUT2D eigenvalue weighted by Crippen LogP contribution is -2.32. The van der Waals surface area contributed by atoms with E-state index in [0.29, 0.717) is 12.2 Å². The predicted octanol–water partition coefficient (Wildman–Crippen LogP) is 2.43. The van der Waals surface area contributed by atoms with Crippen molar-refractivity contribution in [2.45, 2.75) is 25.2 Å². The first-order valence-electron chi connectivity index (χ1n) is 8.35. The fourth-order valence-corrected chi connectivity index (χ4v) is 2.96. The summed E-state index contributed by atoms with van der Waals surface area (Å²) < 4.78 is 1.62. The van der Waals surface area contributed by atoms with Crippen LogP contribution in [0.5, 0.6) is 0 Å². The summed E-state index contributed by atoms with van der Waals surface area (Å²) in [4.78, 5) is 16.8. The van der Waals surface area contributed by atoms with E-state index in [0.717, 1.165) is 29.8 Å². The number of carbonyl (C=O) groups excluding carboxylic acids is 1. The van der Waals surface area contributed by atoms with Crippen LogP contribution in [0.4, 0.5) is 0 Å². The van der Waals surface area contributed by atoms with Crippen LogP contribution in [0.2, 0.25) is 0 Å². The van der Waals surface area contributed by atoms with E-state index in [1.807, 2.05) is 49.4 Å². The van der Waals surface area contributed by atoms with Crippen molar-refractivity contribution in [3.05, 3.63) is 71.8 Å². The van der Waals surface area contributed by atoms with E-state index in [2.05, 4.69) is 20.6 Å². The highest BCUT2D eigenvalue weighted by Gasteiger charge is 2.45. The van der Waals surface area contributed by atoms with Crippen LogP contribution >= 0.6 is 0 Å². The second-order valence-corrected chi connectivity index (χ2v) is 6.57. The van der Waals surface area contributed by atoms with Crippen molar-refractivity contribution in [2.24, 2.45) is 0 Å². The van der Waals surface area contributed by atoms with Crippen molar-refractivity contribution in [1.82, 2.24) is 25.3 Å². The van der Waals surface area contributed by atoms with E-state index in [9.17, 15) is 4.79 Å². The van der Waals surface area contributed by atoms with Crippen LogP contribution in [0.3, 0.4) is 0 Å². The summed E-state index contributed by atoms with van der Waals surface area (Å²) in [6, 6.07) is 13.8. The number of aryl methyl sites for hydroxylation is 1. The van der Waals surface area contributed by atoms with Crippen LogP contribution in [0, 0.1) is 6.92 Å². The summed E-state index contributed by atoms with van der Waals surface area (Å²) in [6.07, 6.45) is 5.54. The first-order valence-corrected chi connectivity index (χ1v) is 8.35. The van der Waals surface area contributed by atoms with Gasteiger partial charge in [0.15, 0.2) is 5.69 Å². The molecule has 1 amide bonds. The molecular formula is C19H19N5O. The zero-order valence-corrected chi connectivity index (χ0v) is 14.0. The Morgan fingerprint density at radius 3 is 2.84 bits per heavy atom. The SMILES string of the molecule is Cc1cccc(-n2cc(C(=O)NCC3(c4ccccn4)CC3)nn2)c1. The molecule has 0 bridgehead atoms. The van der Waals surface area contributed by atoms with Crippen LogP contribution < -0.4 is 5.32 Å². The summed E-state index contributed by atoms with van der Waals surface area (Å²) in [5.74, 6) is -0.207. The fourth-order valence-electron chi connectivity index (χ4n) is 2.96. The summed E-state index contributed by atoms with van der Waals surface area (Å²) in [5.41, 5.74) is 3.35. The summed E-state index contributed by atoms with van der Waals surface area (Å²) in [6.45, 7) is 2.58. The second kappa shape index (κ2) is 6.12. The minimum Gasteiger partial charge on any atom is -0.350 e. The molecule has 1 fully saturated rings. The number of carbonyl (C=O) groups is 1. The molecule has 6 nitrogen and oxygen atoms in total. The maximum absolute atomic E-state index is 12.4. The van der Waals surface area contributed by atoms with E-state index >= 15 is 0 Å². The van der Waals surface area contributed by atoms with E-state index in [1.54, 1.807) is 17.1 Å². The zero-order chi connectivity index (χ0) is 17.3. The molecule has 6 heteroatoms. The number of hydrogen-bond donors (Lipinski definition) is 1. The molecule has 4 rings (SSSR count). The topological polar surface area (TPSA) is 72.7 Å². The number of hydrogen-bond acceptors (Lipinski definition) is 4. The molecule has 1 saturated carbocycles. The van der Waals surface area contributed by atoms with Crippen molar-refractivity contribution in [3.63, 3.8) is 0 Å². The Morgan fingerprint density at radius 1 is 1.24 bits per heavy atom. The first kappa shape index (κ1) is 15.5. The smallest absolute Gasteiger partial charge is 0.273 e. The minimum absolute atomic E-state index is 0.0243. The third-order valence-electron chi connectivity index (χ3n) is 4.64. The van der Waals surface area contributed by atoms with Crippen LogP contribution in [0.15, 0.2) is 54.9 Å². The van der Waals surface area contributed by atoms with Crippen molar-refractivity contribution >= 4 is 5.91 Å². The van der Waals surface area contributed by atoms with Crippen molar-refractivity contribution < 1.29 is 4.79 Å². The number of nitrogens with one attached hydrogen (secondary N) is 1. The normalized spacial score (nSPS) is 14.9. The van der Waals surface area contributed by atoms with Crippen LogP contribution in [0.25, 0.3) is 5.69 Å². The molecule has 25 heavy (non-hydrogen) atoms. The second-order valence-electron chi connectivity index (χ2n) is 6.57. The Kier molecular flexibility index (Phi) is 3.80. The highest BCUT2D eigenvalue weighted by molar-refractivity contribution is 5.92. The van der Waals surface area contributed by atoms with Gasteiger partial charge in [-0.15, -0.1) is 5.10 Å². The van der Waals surface area contributed by atoms with Crippen LogP contribution in [-0.4, -0.2) is 32.4 Å². The molecule has 2 aromatic heterocycles. The Labute approximate surface area is 145 Å². The molecular weight excluding hydrogens is 314 g/mol. The van der Waals surface area contributed by atoms with Gasteiger partial charge in [-0.3, -0.25) is 9.78 Å². The molecule has 0 aliphatic heterocycles. The van der Waals surface area contributed by atoms with Gasteiger partial charge in [-0.1, -0.05) is 23.4 Å². The highest BCUT2D eigenvalue weighted by Crippen LogP contribution is 2.46. The number of aromatic nitrogens is 4. The minimum atomic E-state index is -0.207. The standard InChI is InChI=1S/C19H19N5O/c1-14-5-4-6-15(11-14)24-12-16(22-23-24)18(25)21-13-19(8-9-19)17-7-2-3-10-20-17/h2-7,10-12H,8-9,13H2,1H3,(H,21,25). The molecule has 126 valence electrons. The Bertz CT molecular complexity index is 899. The van der Waals surface area contributed by atoms with Gasteiger partial charge >= 0.3 is 0 Å². The molecule has 0 spiro atoms. The van der Waals surface area contributed by atoms with Gasteiger partial charge in [-0.05, 0) is 49.6 Å². The fraction of sp³-hybridized carbons (Fsp3) is 0.263. The van der Waals surface area contributed by atoms with Crippen LogP contribution in [0.1, 0.15) is 34.6 Å². The average molecular weight is 333 g/mol. The maximum Gasteiger partial charge on any atom is 0.273 e. The van der Waals surface area contributed by atoms with Gasteiger partial charge in [-0.2, -0.15) is 0 Å².